The third kappa shape index (κ3) is 2.97. The number of hydrogen-bond acceptors (Lipinski definition) is 3. The number of halogens is 2. The Hall–Kier alpha value is -0.330. The molecule has 4 nitrogen and oxygen atoms in total. The summed E-state index contributed by atoms with van der Waals surface area (Å²) >= 11 is 11.7. The summed E-state index contributed by atoms with van der Waals surface area (Å²) in [5.74, 6) is 0. The second kappa shape index (κ2) is 5.35. The molecule has 0 saturated heterocycles. The van der Waals surface area contributed by atoms with Gasteiger partial charge < -0.3 is 5.73 Å². The second-order valence-corrected chi connectivity index (χ2v) is 6.91. The molecule has 100 valence electrons. The van der Waals surface area contributed by atoms with Crippen molar-refractivity contribution in [3.05, 3.63) is 28.2 Å². The lowest BCUT2D eigenvalue weighted by Gasteiger charge is -2.14. The molecular formula is C11H14Cl2N2O2S. The quantitative estimate of drug-likeness (QED) is 0.898. The lowest BCUT2D eigenvalue weighted by molar-refractivity contribution is 0.549. The Balaban J connectivity index is 2.23. The minimum absolute atomic E-state index is 0.0112. The van der Waals surface area contributed by atoms with Gasteiger partial charge in [0.2, 0.25) is 10.0 Å². The standard InChI is InChI=1S/C11H14Cl2N2O2S/c12-9-2-1-3-10(11(9)13)18(16,17)15-8-5-4-7(14)6-8/h1-3,7-8,15H,4-6,14H2/t7-,8-/m0/s1. The molecule has 2 atom stereocenters. The van der Waals surface area contributed by atoms with Gasteiger partial charge in [0.25, 0.3) is 0 Å². The molecule has 0 bridgehead atoms. The third-order valence-electron chi connectivity index (χ3n) is 3.00. The molecule has 3 N–H and O–H groups in total. The topological polar surface area (TPSA) is 72.2 Å². The summed E-state index contributed by atoms with van der Waals surface area (Å²) in [6, 6.07) is 4.48. The first-order valence-corrected chi connectivity index (χ1v) is 7.86. The lowest BCUT2D eigenvalue weighted by Crippen LogP contribution is -2.34. The van der Waals surface area contributed by atoms with E-state index in [-0.39, 0.29) is 27.0 Å². The molecule has 0 aliphatic heterocycles. The smallest absolute Gasteiger partial charge is 0.242 e. The highest BCUT2D eigenvalue weighted by atomic mass is 35.5. The maximum absolute atomic E-state index is 12.2. The van der Waals surface area contributed by atoms with Crippen molar-refractivity contribution in [2.24, 2.45) is 5.73 Å². The first kappa shape index (κ1) is 14.1. The van der Waals surface area contributed by atoms with Crippen LogP contribution in [0, 0.1) is 0 Å². The minimum Gasteiger partial charge on any atom is -0.328 e. The summed E-state index contributed by atoms with van der Waals surface area (Å²) < 4.78 is 27.0. The van der Waals surface area contributed by atoms with Gasteiger partial charge in [-0.2, -0.15) is 0 Å². The summed E-state index contributed by atoms with van der Waals surface area (Å²) in [6.45, 7) is 0. The minimum atomic E-state index is -3.64. The van der Waals surface area contributed by atoms with Crippen LogP contribution in [0.15, 0.2) is 23.1 Å². The zero-order valence-corrected chi connectivity index (χ0v) is 11.9. The molecule has 1 aliphatic rings. The molecule has 18 heavy (non-hydrogen) atoms. The SMILES string of the molecule is N[C@H]1CC[C@H](NS(=O)(=O)c2cccc(Cl)c2Cl)C1. The second-order valence-electron chi connectivity index (χ2n) is 4.44. The van der Waals surface area contributed by atoms with Crippen LogP contribution in [0.1, 0.15) is 19.3 Å². The van der Waals surface area contributed by atoms with Gasteiger partial charge in [0.05, 0.1) is 10.0 Å². The van der Waals surface area contributed by atoms with E-state index < -0.39 is 10.0 Å². The van der Waals surface area contributed by atoms with Gasteiger partial charge in [-0.15, -0.1) is 0 Å². The molecule has 7 heteroatoms. The Morgan fingerprint density at radius 3 is 2.61 bits per heavy atom. The average Bonchev–Trinajstić information content (AvgIpc) is 2.67. The fraction of sp³-hybridized carbons (Fsp3) is 0.455. The normalized spacial score (nSPS) is 24.4. The van der Waals surface area contributed by atoms with Crippen LogP contribution in [-0.2, 0) is 10.0 Å². The van der Waals surface area contributed by atoms with Crippen LogP contribution in [0.2, 0.25) is 10.0 Å². The molecule has 1 fully saturated rings. The van der Waals surface area contributed by atoms with Crippen LogP contribution in [0.4, 0.5) is 0 Å². The molecule has 1 aliphatic carbocycles. The van der Waals surface area contributed by atoms with E-state index in [4.69, 9.17) is 28.9 Å². The number of rotatable bonds is 3. The van der Waals surface area contributed by atoms with Crippen molar-refractivity contribution in [3.8, 4) is 0 Å². The summed E-state index contributed by atoms with van der Waals surface area (Å²) in [6.07, 6.45) is 2.23. The zero-order chi connectivity index (χ0) is 13.3. The predicted octanol–water partition coefficient (Wildman–Crippen LogP) is 2.15. The Morgan fingerprint density at radius 2 is 2.00 bits per heavy atom. The van der Waals surface area contributed by atoms with Gasteiger partial charge in [0.15, 0.2) is 0 Å². The molecule has 2 rings (SSSR count). The van der Waals surface area contributed by atoms with Gasteiger partial charge in [-0.25, -0.2) is 13.1 Å². The third-order valence-corrected chi connectivity index (χ3v) is 5.49. The van der Waals surface area contributed by atoms with Crippen molar-refractivity contribution in [1.82, 2.24) is 4.72 Å². The molecule has 0 amide bonds. The van der Waals surface area contributed by atoms with E-state index in [1.807, 2.05) is 0 Å². The van der Waals surface area contributed by atoms with Gasteiger partial charge in [-0.1, -0.05) is 29.3 Å². The highest BCUT2D eigenvalue weighted by Crippen LogP contribution is 2.29. The highest BCUT2D eigenvalue weighted by Gasteiger charge is 2.28. The fourth-order valence-electron chi connectivity index (χ4n) is 2.10. The molecule has 0 heterocycles. The molecule has 0 aromatic heterocycles. The van der Waals surface area contributed by atoms with E-state index in [0.717, 1.165) is 12.8 Å². The van der Waals surface area contributed by atoms with Gasteiger partial charge in [0, 0.05) is 12.1 Å². The van der Waals surface area contributed by atoms with E-state index in [2.05, 4.69) is 4.72 Å². The Labute approximate surface area is 117 Å². The van der Waals surface area contributed by atoms with Gasteiger partial charge >= 0.3 is 0 Å². The van der Waals surface area contributed by atoms with Crippen LogP contribution in [0.5, 0.6) is 0 Å². The van der Waals surface area contributed by atoms with Crippen LogP contribution in [-0.4, -0.2) is 20.5 Å². The van der Waals surface area contributed by atoms with Gasteiger partial charge in [-0.3, -0.25) is 0 Å². The number of nitrogens with one attached hydrogen (secondary N) is 1. The van der Waals surface area contributed by atoms with Crippen molar-refractivity contribution >= 4 is 33.2 Å². The molecule has 1 aromatic rings. The largest absolute Gasteiger partial charge is 0.328 e. The van der Waals surface area contributed by atoms with E-state index >= 15 is 0 Å². The van der Waals surface area contributed by atoms with E-state index in [1.165, 1.54) is 6.07 Å². The van der Waals surface area contributed by atoms with E-state index in [0.29, 0.717) is 6.42 Å². The van der Waals surface area contributed by atoms with Crippen molar-refractivity contribution in [3.63, 3.8) is 0 Å². The monoisotopic (exact) mass is 308 g/mol. The fourth-order valence-corrected chi connectivity index (χ4v) is 4.14. The van der Waals surface area contributed by atoms with Crippen LogP contribution in [0.3, 0.4) is 0 Å². The first-order valence-electron chi connectivity index (χ1n) is 5.62. The maximum atomic E-state index is 12.2. The Kier molecular flexibility index (Phi) is 4.18. The first-order chi connectivity index (χ1) is 8.40. The number of benzene rings is 1. The highest BCUT2D eigenvalue weighted by molar-refractivity contribution is 7.89. The van der Waals surface area contributed by atoms with E-state index in [1.54, 1.807) is 12.1 Å². The Morgan fingerprint density at radius 1 is 1.28 bits per heavy atom. The van der Waals surface area contributed by atoms with Crippen LogP contribution < -0.4 is 10.5 Å². The number of nitrogens with two attached hydrogens (primary N) is 1. The molecule has 0 spiro atoms. The lowest BCUT2D eigenvalue weighted by atomic mass is 10.2. The summed E-state index contributed by atoms with van der Waals surface area (Å²) in [4.78, 5) is 0.0112. The van der Waals surface area contributed by atoms with Crippen molar-refractivity contribution in [1.29, 1.82) is 0 Å². The number of hydrogen-bond donors (Lipinski definition) is 2. The summed E-state index contributed by atoms with van der Waals surface area (Å²) in [5.41, 5.74) is 5.75. The zero-order valence-electron chi connectivity index (χ0n) is 9.57. The average molecular weight is 309 g/mol. The van der Waals surface area contributed by atoms with Crippen molar-refractivity contribution in [2.45, 2.75) is 36.2 Å². The van der Waals surface area contributed by atoms with Gasteiger partial charge in [0.1, 0.15) is 4.90 Å². The maximum Gasteiger partial charge on any atom is 0.242 e. The molecular weight excluding hydrogens is 295 g/mol. The molecule has 1 saturated carbocycles. The van der Waals surface area contributed by atoms with Crippen molar-refractivity contribution < 1.29 is 8.42 Å². The summed E-state index contributed by atoms with van der Waals surface area (Å²) in [7, 11) is -3.64. The number of sulfonamides is 1. The Bertz CT molecular complexity index is 548. The molecule has 0 radical (unpaired) electrons. The van der Waals surface area contributed by atoms with Gasteiger partial charge in [-0.05, 0) is 31.4 Å². The van der Waals surface area contributed by atoms with Crippen molar-refractivity contribution in [2.75, 3.05) is 0 Å². The molecule has 1 aromatic carbocycles. The van der Waals surface area contributed by atoms with Crippen LogP contribution >= 0.6 is 23.2 Å². The van der Waals surface area contributed by atoms with E-state index in [9.17, 15) is 8.42 Å². The summed E-state index contributed by atoms with van der Waals surface area (Å²) in [5, 5.41) is 0.275. The molecule has 0 unspecified atom stereocenters. The predicted molar refractivity (Wildman–Crippen MR) is 72.4 cm³/mol. The van der Waals surface area contributed by atoms with Crippen LogP contribution in [0.25, 0.3) is 0 Å².